The average Bonchev–Trinajstić information content (AvgIpc) is 2.83. The van der Waals surface area contributed by atoms with Crippen LogP contribution in [-0.4, -0.2) is 49.0 Å². The van der Waals surface area contributed by atoms with Gasteiger partial charge in [-0.15, -0.1) is 0 Å². The zero-order valence-corrected chi connectivity index (χ0v) is 15.3. The van der Waals surface area contributed by atoms with E-state index in [2.05, 4.69) is 10.6 Å². The molecular formula is C19H27N3O4. The molecule has 0 saturated carbocycles. The van der Waals surface area contributed by atoms with Crippen molar-refractivity contribution in [2.24, 2.45) is 0 Å². The van der Waals surface area contributed by atoms with Crippen molar-refractivity contribution in [3.8, 4) is 0 Å². The lowest BCUT2D eigenvalue weighted by molar-refractivity contribution is -0.130. The van der Waals surface area contributed by atoms with Crippen LogP contribution in [0.1, 0.15) is 49.4 Å². The number of hydrogen-bond acceptors (Lipinski definition) is 4. The van der Waals surface area contributed by atoms with Gasteiger partial charge in [-0.05, 0) is 44.4 Å². The molecule has 0 aromatic heterocycles. The molecule has 1 heterocycles. The summed E-state index contributed by atoms with van der Waals surface area (Å²) in [5.41, 5.74) is 0.969. The molecule has 0 radical (unpaired) electrons. The van der Waals surface area contributed by atoms with E-state index in [0.29, 0.717) is 30.8 Å². The molecule has 3 amide bonds. The number of carbonyl (C=O) groups is 3. The number of nitrogens with one attached hydrogen (secondary N) is 2. The minimum absolute atomic E-state index is 0.209. The van der Waals surface area contributed by atoms with Gasteiger partial charge >= 0.3 is 6.09 Å². The van der Waals surface area contributed by atoms with Gasteiger partial charge in [0.1, 0.15) is 0 Å². The Bertz CT molecular complexity index is 633. The van der Waals surface area contributed by atoms with Crippen molar-refractivity contribution in [1.29, 1.82) is 0 Å². The molecule has 7 nitrogen and oxygen atoms in total. The van der Waals surface area contributed by atoms with Crippen molar-refractivity contribution in [3.05, 3.63) is 29.8 Å². The summed E-state index contributed by atoms with van der Waals surface area (Å²) in [4.78, 5) is 37.5. The maximum atomic E-state index is 12.2. The lowest BCUT2D eigenvalue weighted by Crippen LogP contribution is -2.34. The van der Waals surface area contributed by atoms with E-state index in [4.69, 9.17) is 4.74 Å². The van der Waals surface area contributed by atoms with Gasteiger partial charge in [0, 0.05) is 37.3 Å². The van der Waals surface area contributed by atoms with Crippen LogP contribution in [0.15, 0.2) is 24.3 Å². The minimum atomic E-state index is -0.549. The quantitative estimate of drug-likeness (QED) is 0.731. The van der Waals surface area contributed by atoms with E-state index >= 15 is 0 Å². The fraction of sp³-hybridized carbons (Fsp3) is 0.526. The molecule has 0 spiro atoms. The van der Waals surface area contributed by atoms with E-state index in [9.17, 15) is 14.4 Å². The van der Waals surface area contributed by atoms with Crippen molar-refractivity contribution in [1.82, 2.24) is 10.2 Å². The number of rotatable bonds is 7. The monoisotopic (exact) mass is 361 g/mol. The SMILES string of the molecule is CCOC(=O)Nc1cccc(C(=O)NCCCN2CCCCCC2=O)c1. The standard InChI is InChI=1S/C19H27N3O4/c1-2-26-19(25)21-16-9-6-8-15(14-16)18(24)20-11-7-13-22-12-5-3-4-10-17(22)23/h6,8-9,14H,2-5,7,10-13H2,1H3,(H,20,24)(H,21,25). The van der Waals surface area contributed by atoms with E-state index < -0.39 is 6.09 Å². The van der Waals surface area contributed by atoms with Crippen LogP contribution < -0.4 is 10.6 Å². The molecule has 0 atom stereocenters. The zero-order chi connectivity index (χ0) is 18.8. The van der Waals surface area contributed by atoms with E-state index in [0.717, 1.165) is 32.2 Å². The number of carbonyl (C=O) groups excluding carboxylic acids is 3. The highest BCUT2D eigenvalue weighted by atomic mass is 16.5. The van der Waals surface area contributed by atoms with E-state index in [1.54, 1.807) is 31.2 Å². The van der Waals surface area contributed by atoms with Gasteiger partial charge in [-0.1, -0.05) is 12.5 Å². The Kier molecular flexibility index (Phi) is 7.92. The molecule has 7 heteroatoms. The third kappa shape index (κ3) is 6.38. The molecule has 2 rings (SSSR count). The first-order valence-electron chi connectivity index (χ1n) is 9.20. The molecule has 26 heavy (non-hydrogen) atoms. The summed E-state index contributed by atoms with van der Waals surface area (Å²) >= 11 is 0. The van der Waals surface area contributed by atoms with Crippen molar-refractivity contribution < 1.29 is 19.1 Å². The highest BCUT2D eigenvalue weighted by Crippen LogP contribution is 2.12. The number of likely N-dealkylation sites (tertiary alicyclic amines) is 1. The Morgan fingerprint density at radius 3 is 2.88 bits per heavy atom. The van der Waals surface area contributed by atoms with Gasteiger partial charge in [0.25, 0.3) is 5.91 Å². The molecule has 0 bridgehead atoms. The lowest BCUT2D eigenvalue weighted by Gasteiger charge is -2.20. The van der Waals surface area contributed by atoms with Crippen LogP contribution in [0.2, 0.25) is 0 Å². The molecule has 1 fully saturated rings. The second-order valence-electron chi connectivity index (χ2n) is 6.23. The second kappa shape index (κ2) is 10.4. The van der Waals surface area contributed by atoms with Crippen molar-refractivity contribution in [2.75, 3.05) is 31.6 Å². The fourth-order valence-electron chi connectivity index (χ4n) is 2.87. The molecule has 1 aliphatic rings. The lowest BCUT2D eigenvalue weighted by atomic mass is 10.2. The normalized spacial score (nSPS) is 14.5. The minimum Gasteiger partial charge on any atom is -0.450 e. The van der Waals surface area contributed by atoms with Crippen LogP contribution >= 0.6 is 0 Å². The number of amides is 3. The highest BCUT2D eigenvalue weighted by Gasteiger charge is 2.16. The summed E-state index contributed by atoms with van der Waals surface area (Å²) < 4.78 is 4.82. The number of anilines is 1. The molecule has 1 aromatic carbocycles. The predicted octanol–water partition coefficient (Wildman–Crippen LogP) is 2.78. The van der Waals surface area contributed by atoms with Crippen LogP contribution in [0.25, 0.3) is 0 Å². The first kappa shape index (κ1) is 19.8. The van der Waals surface area contributed by atoms with Crippen LogP contribution in [0.5, 0.6) is 0 Å². The number of benzene rings is 1. The molecule has 0 unspecified atom stereocenters. The largest absolute Gasteiger partial charge is 0.450 e. The van der Waals surface area contributed by atoms with Gasteiger partial charge in [0.2, 0.25) is 5.91 Å². The van der Waals surface area contributed by atoms with E-state index in [1.807, 2.05) is 4.90 Å². The van der Waals surface area contributed by atoms with Crippen LogP contribution in [0.4, 0.5) is 10.5 Å². The number of ether oxygens (including phenoxy) is 1. The van der Waals surface area contributed by atoms with Crippen molar-refractivity contribution in [3.63, 3.8) is 0 Å². The van der Waals surface area contributed by atoms with Crippen LogP contribution in [-0.2, 0) is 9.53 Å². The van der Waals surface area contributed by atoms with Crippen LogP contribution in [0, 0.1) is 0 Å². The Morgan fingerprint density at radius 2 is 2.08 bits per heavy atom. The zero-order valence-electron chi connectivity index (χ0n) is 15.3. The molecule has 1 saturated heterocycles. The molecule has 2 N–H and O–H groups in total. The number of nitrogens with zero attached hydrogens (tertiary/aromatic N) is 1. The maximum absolute atomic E-state index is 12.2. The third-order valence-electron chi connectivity index (χ3n) is 4.21. The first-order chi connectivity index (χ1) is 12.6. The summed E-state index contributed by atoms with van der Waals surface area (Å²) in [5.74, 6) is 0.00580. The summed E-state index contributed by atoms with van der Waals surface area (Å²) in [6, 6.07) is 6.68. The van der Waals surface area contributed by atoms with E-state index in [-0.39, 0.29) is 18.4 Å². The molecule has 1 aliphatic heterocycles. The topological polar surface area (TPSA) is 87.7 Å². The predicted molar refractivity (Wildman–Crippen MR) is 99.1 cm³/mol. The first-order valence-corrected chi connectivity index (χ1v) is 9.20. The number of hydrogen-bond donors (Lipinski definition) is 2. The third-order valence-corrected chi connectivity index (χ3v) is 4.21. The average molecular weight is 361 g/mol. The Hall–Kier alpha value is -2.57. The fourth-order valence-corrected chi connectivity index (χ4v) is 2.87. The van der Waals surface area contributed by atoms with Gasteiger partial charge in [-0.2, -0.15) is 0 Å². The Labute approximate surface area is 154 Å². The summed E-state index contributed by atoms with van der Waals surface area (Å²) in [6.07, 6.45) is 3.94. The maximum Gasteiger partial charge on any atom is 0.411 e. The van der Waals surface area contributed by atoms with Gasteiger partial charge < -0.3 is 15.0 Å². The molecule has 0 aliphatic carbocycles. The van der Waals surface area contributed by atoms with Gasteiger partial charge in [0.05, 0.1) is 6.61 Å². The van der Waals surface area contributed by atoms with Crippen LogP contribution in [0.3, 0.4) is 0 Å². The summed E-state index contributed by atoms with van der Waals surface area (Å²) in [6.45, 7) is 3.99. The summed E-state index contributed by atoms with van der Waals surface area (Å²) in [7, 11) is 0. The van der Waals surface area contributed by atoms with Gasteiger partial charge in [-0.25, -0.2) is 4.79 Å². The van der Waals surface area contributed by atoms with E-state index in [1.165, 1.54) is 0 Å². The van der Waals surface area contributed by atoms with Gasteiger partial charge in [-0.3, -0.25) is 14.9 Å². The molecule has 1 aromatic rings. The molecular weight excluding hydrogens is 334 g/mol. The second-order valence-corrected chi connectivity index (χ2v) is 6.23. The summed E-state index contributed by atoms with van der Waals surface area (Å²) in [5, 5.41) is 5.43. The van der Waals surface area contributed by atoms with Gasteiger partial charge in [0.15, 0.2) is 0 Å². The van der Waals surface area contributed by atoms with Crippen molar-refractivity contribution in [2.45, 2.75) is 39.0 Å². The highest BCUT2D eigenvalue weighted by molar-refractivity contribution is 5.96. The Balaban J connectivity index is 1.77. The Morgan fingerprint density at radius 1 is 1.23 bits per heavy atom. The smallest absolute Gasteiger partial charge is 0.411 e. The van der Waals surface area contributed by atoms with Crippen molar-refractivity contribution >= 4 is 23.6 Å². The molecule has 142 valence electrons.